The van der Waals surface area contributed by atoms with Crippen molar-refractivity contribution in [3.8, 4) is 0 Å². The van der Waals surface area contributed by atoms with E-state index < -0.39 is 172 Å². The minimum absolute atomic E-state index is 0.767. The van der Waals surface area contributed by atoms with E-state index in [0.717, 1.165) is 13.8 Å². The van der Waals surface area contributed by atoms with Gasteiger partial charge < -0.3 is 110 Å². The van der Waals surface area contributed by atoms with Gasteiger partial charge in [0.25, 0.3) is 5.79 Å². The van der Waals surface area contributed by atoms with Crippen LogP contribution in [-0.4, -0.2) is 232 Å². The molecule has 0 unspecified atom stereocenters. The number of ether oxygens (including phenoxy) is 7. The highest BCUT2D eigenvalue weighted by atomic mass is 16.8. The molecule has 21 atom stereocenters. The Morgan fingerprint density at radius 1 is 0.732 bits per heavy atom. The average Bonchev–Trinajstić information content (AvgIpc) is 3.14. The van der Waals surface area contributed by atoms with Crippen LogP contribution in [0.5, 0.6) is 0 Å². The number of aliphatic hydroxyl groups excluding tert-OH is 12. The molecule has 15 N–H and O–H groups in total. The fraction of sp³-hybridized carbons (Fsp3) is 0.903. The minimum Gasteiger partial charge on any atom is -0.477 e. The first-order valence-corrected chi connectivity index (χ1v) is 17.6. The van der Waals surface area contributed by atoms with Gasteiger partial charge in [-0.05, 0) is 6.92 Å². The second kappa shape index (κ2) is 19.1. The zero-order valence-electron chi connectivity index (χ0n) is 30.3. The van der Waals surface area contributed by atoms with Crippen molar-refractivity contribution in [2.24, 2.45) is 0 Å². The number of nitrogens with one attached hydrogen (secondary N) is 2. The normalized spacial score (nSPS) is 45.7. The molecule has 0 aromatic carbocycles. The Balaban J connectivity index is 1.71. The topological polar surface area (TPSA) is 403 Å². The Labute approximate surface area is 317 Å². The van der Waals surface area contributed by atoms with Crippen LogP contribution in [0.15, 0.2) is 0 Å². The summed E-state index contributed by atoms with van der Waals surface area (Å²) in [7, 11) is 0. The summed E-state index contributed by atoms with van der Waals surface area (Å²) in [6, 6.07) is -3.22. The van der Waals surface area contributed by atoms with Crippen LogP contribution in [0.4, 0.5) is 0 Å². The van der Waals surface area contributed by atoms with E-state index >= 15 is 0 Å². The fourth-order valence-corrected chi connectivity index (χ4v) is 6.99. The Morgan fingerprint density at radius 3 is 1.86 bits per heavy atom. The Morgan fingerprint density at radius 2 is 1.30 bits per heavy atom. The van der Waals surface area contributed by atoms with Crippen LogP contribution < -0.4 is 10.6 Å². The number of carboxylic acids is 1. The van der Waals surface area contributed by atoms with Crippen molar-refractivity contribution in [2.75, 3.05) is 19.8 Å². The molecule has 25 nitrogen and oxygen atoms in total. The van der Waals surface area contributed by atoms with Gasteiger partial charge in [0.05, 0.1) is 38.1 Å². The predicted octanol–water partition coefficient (Wildman–Crippen LogP) is -9.23. The molecule has 0 spiro atoms. The van der Waals surface area contributed by atoms with Crippen molar-refractivity contribution >= 4 is 17.8 Å². The molecular formula is C31H52N2O23. The predicted molar refractivity (Wildman–Crippen MR) is 173 cm³/mol. The van der Waals surface area contributed by atoms with Gasteiger partial charge in [-0.25, -0.2) is 4.79 Å². The molecule has 0 saturated carbocycles. The number of hydrogen-bond donors (Lipinski definition) is 15. The summed E-state index contributed by atoms with van der Waals surface area (Å²) in [6.45, 7) is 0.283. The van der Waals surface area contributed by atoms with Gasteiger partial charge >= 0.3 is 5.97 Å². The molecule has 4 rings (SSSR count). The summed E-state index contributed by atoms with van der Waals surface area (Å²) in [4.78, 5) is 37.0. The number of carbonyl (C=O) groups excluding carboxylic acids is 2. The molecule has 25 heteroatoms. The summed E-state index contributed by atoms with van der Waals surface area (Å²) in [5.41, 5.74) is 0. The first-order chi connectivity index (χ1) is 26.2. The molecule has 4 aliphatic rings. The van der Waals surface area contributed by atoms with Crippen LogP contribution >= 0.6 is 0 Å². The maximum atomic E-state index is 12.9. The second-order valence-corrected chi connectivity index (χ2v) is 14.0. The molecule has 56 heavy (non-hydrogen) atoms. The summed E-state index contributed by atoms with van der Waals surface area (Å²) in [5.74, 6) is -6.69. The lowest BCUT2D eigenvalue weighted by atomic mass is 9.88. The number of aliphatic carboxylic acids is 1. The van der Waals surface area contributed by atoms with Crippen molar-refractivity contribution in [1.29, 1.82) is 0 Å². The van der Waals surface area contributed by atoms with Crippen molar-refractivity contribution in [1.82, 2.24) is 10.6 Å². The molecule has 4 aliphatic heterocycles. The van der Waals surface area contributed by atoms with Gasteiger partial charge in [0, 0.05) is 20.3 Å². The number of hydrogen-bond acceptors (Lipinski definition) is 22. The molecule has 4 saturated heterocycles. The van der Waals surface area contributed by atoms with Crippen LogP contribution in [-0.2, 0) is 47.5 Å². The fourth-order valence-electron chi connectivity index (χ4n) is 6.99. The van der Waals surface area contributed by atoms with Gasteiger partial charge in [-0.15, -0.1) is 0 Å². The highest BCUT2D eigenvalue weighted by Gasteiger charge is 2.60. The Bertz CT molecular complexity index is 1330. The standard InChI is InChI=1S/C31H52N2O23/c1-8-17(41)20(44)21(45)28(50-8)54-25-16(33-10(3)38)27(47)51-14(7-36)23(25)53-29-22(46)26(19(43)13(6-35)52-29)56-31(30(48)49)4-11(39)15(32-9(2)37)24(55-31)18(42)12(40)5-34/h8,11-29,34-36,39-47H,4-7H2,1-3H3,(H,32,37)(H,33,38)(H,48,49)/t8-,11+,12-,13-,14-,15-,16-,17+,18-,19+,20+,21-,22-,23-,24-,25-,26+,27-,28-,29+,31+/m1/s1. The van der Waals surface area contributed by atoms with Gasteiger partial charge in [0.1, 0.15) is 85.4 Å². The minimum atomic E-state index is -3.12. The monoisotopic (exact) mass is 820 g/mol. The molecule has 0 bridgehead atoms. The Kier molecular flexibility index (Phi) is 15.8. The van der Waals surface area contributed by atoms with Gasteiger partial charge in [-0.2, -0.15) is 0 Å². The van der Waals surface area contributed by atoms with E-state index in [-0.39, 0.29) is 0 Å². The van der Waals surface area contributed by atoms with Crippen molar-refractivity contribution in [2.45, 2.75) is 155 Å². The number of rotatable bonds is 14. The largest absolute Gasteiger partial charge is 0.477 e. The van der Waals surface area contributed by atoms with Crippen molar-refractivity contribution in [3.63, 3.8) is 0 Å². The lowest BCUT2D eigenvalue weighted by Crippen LogP contribution is -2.71. The zero-order valence-corrected chi connectivity index (χ0v) is 30.3. The third-order valence-corrected chi connectivity index (χ3v) is 9.94. The van der Waals surface area contributed by atoms with Crippen molar-refractivity contribution in [3.05, 3.63) is 0 Å². The second-order valence-electron chi connectivity index (χ2n) is 14.0. The summed E-state index contributed by atoms with van der Waals surface area (Å²) >= 11 is 0. The molecule has 324 valence electrons. The molecule has 4 heterocycles. The zero-order chi connectivity index (χ0) is 42.0. The van der Waals surface area contributed by atoms with E-state index in [0.29, 0.717) is 0 Å². The van der Waals surface area contributed by atoms with E-state index in [4.69, 9.17) is 33.2 Å². The highest BCUT2D eigenvalue weighted by molar-refractivity contribution is 5.76. The maximum absolute atomic E-state index is 12.9. The van der Waals surface area contributed by atoms with Crippen LogP contribution in [0, 0.1) is 0 Å². The van der Waals surface area contributed by atoms with Crippen LogP contribution in [0.2, 0.25) is 0 Å². The highest BCUT2D eigenvalue weighted by Crippen LogP contribution is 2.39. The number of carbonyl (C=O) groups is 3. The maximum Gasteiger partial charge on any atom is 0.364 e. The smallest absolute Gasteiger partial charge is 0.364 e. The van der Waals surface area contributed by atoms with E-state index in [9.17, 15) is 80.8 Å². The molecule has 0 aromatic heterocycles. The van der Waals surface area contributed by atoms with Gasteiger partial charge in [-0.3, -0.25) is 9.59 Å². The number of aliphatic hydroxyl groups is 12. The van der Waals surface area contributed by atoms with E-state index in [1.165, 1.54) is 6.92 Å². The van der Waals surface area contributed by atoms with Crippen LogP contribution in [0.1, 0.15) is 27.2 Å². The third-order valence-electron chi connectivity index (χ3n) is 9.94. The Hall–Kier alpha value is -2.35. The molecule has 4 fully saturated rings. The quantitative estimate of drug-likeness (QED) is 0.0773. The SMILES string of the molecule is CC(=O)N[C@@H]1[C@@H](O[C@H]2O[C@H](C)[C@H](O)[C@H](O)[C@H]2O)[C@H](O[C@@H]2O[C@H](CO)[C@H](O)[C@H](O[C@]3(C(=O)O)C[C@H](O)[C@@H](NC(C)=O)[C@H]([C@H](O)[C@H](O)CO)O3)[C@H]2O)[C@@H](CO)O[C@H]1O. The van der Waals surface area contributed by atoms with E-state index in [1.54, 1.807) is 0 Å². The van der Waals surface area contributed by atoms with Crippen LogP contribution in [0.25, 0.3) is 0 Å². The molecule has 2 amide bonds. The van der Waals surface area contributed by atoms with Crippen LogP contribution in [0.3, 0.4) is 0 Å². The first kappa shape index (κ1) is 46.3. The van der Waals surface area contributed by atoms with Crippen molar-refractivity contribution < 1.29 is 114 Å². The molecular weight excluding hydrogens is 768 g/mol. The molecule has 0 aliphatic carbocycles. The van der Waals surface area contributed by atoms with E-state index in [2.05, 4.69) is 10.6 Å². The summed E-state index contributed by atoms with van der Waals surface area (Å²) in [5, 5.41) is 142. The van der Waals surface area contributed by atoms with Gasteiger partial charge in [0.15, 0.2) is 18.9 Å². The first-order valence-electron chi connectivity index (χ1n) is 17.6. The summed E-state index contributed by atoms with van der Waals surface area (Å²) < 4.78 is 39.7. The average molecular weight is 821 g/mol. The third kappa shape index (κ3) is 9.74. The summed E-state index contributed by atoms with van der Waals surface area (Å²) in [6.07, 6.45) is -35.1. The number of amides is 2. The van der Waals surface area contributed by atoms with E-state index in [1.807, 2.05) is 0 Å². The lowest BCUT2D eigenvalue weighted by molar-refractivity contribution is -0.390. The van der Waals surface area contributed by atoms with Gasteiger partial charge in [0.2, 0.25) is 11.8 Å². The molecule has 0 aromatic rings. The number of carboxylic acid groups (broad SMARTS) is 1. The lowest BCUT2D eigenvalue weighted by Gasteiger charge is -2.51. The van der Waals surface area contributed by atoms with Gasteiger partial charge in [-0.1, -0.05) is 0 Å². The molecule has 0 radical (unpaired) electrons.